The Kier molecular flexibility index (Phi) is 4.52. The Labute approximate surface area is 122 Å². The van der Waals surface area contributed by atoms with Crippen molar-refractivity contribution >= 4 is 17.3 Å². The van der Waals surface area contributed by atoms with Crippen LogP contribution in [0.15, 0.2) is 42.5 Å². The number of hydrogen-bond donors (Lipinski definition) is 2. The van der Waals surface area contributed by atoms with Crippen LogP contribution in [0.2, 0.25) is 0 Å². The van der Waals surface area contributed by atoms with Crippen LogP contribution >= 0.6 is 0 Å². The molecule has 5 heteroatoms. The summed E-state index contributed by atoms with van der Waals surface area (Å²) in [7, 11) is 0. The summed E-state index contributed by atoms with van der Waals surface area (Å²) in [5, 5.41) is 14.5. The molecule has 0 aliphatic carbocycles. The Balaban J connectivity index is 2.03. The highest BCUT2D eigenvalue weighted by atomic mass is 19.1. The molecule has 0 fully saturated rings. The molecule has 0 spiro atoms. The second-order valence-electron chi connectivity index (χ2n) is 4.50. The molecule has 0 aliphatic rings. The molecule has 0 unspecified atom stereocenters. The van der Waals surface area contributed by atoms with Crippen LogP contribution in [-0.4, -0.2) is 5.91 Å². The van der Waals surface area contributed by atoms with E-state index in [1.54, 1.807) is 36.4 Å². The first-order chi connectivity index (χ1) is 10.1. The predicted octanol–water partition coefficient (Wildman–Crippen LogP) is 3.27. The molecule has 4 nitrogen and oxygen atoms in total. The summed E-state index contributed by atoms with van der Waals surface area (Å²) >= 11 is 0. The van der Waals surface area contributed by atoms with Gasteiger partial charge in [0.25, 0.3) is 0 Å². The van der Waals surface area contributed by atoms with E-state index in [0.29, 0.717) is 11.3 Å². The molecule has 2 aromatic rings. The van der Waals surface area contributed by atoms with Crippen molar-refractivity contribution in [1.82, 2.24) is 0 Å². The molecule has 0 aliphatic heterocycles. The number of carbonyl (C=O) groups is 1. The lowest BCUT2D eigenvalue weighted by molar-refractivity contribution is -0.114. The first kappa shape index (κ1) is 14.5. The quantitative estimate of drug-likeness (QED) is 0.905. The summed E-state index contributed by atoms with van der Waals surface area (Å²) in [6.07, 6.45) is 0. The Morgan fingerprint density at radius 1 is 1.19 bits per heavy atom. The molecule has 0 aromatic heterocycles. The molecule has 2 aromatic carbocycles. The summed E-state index contributed by atoms with van der Waals surface area (Å²) in [6, 6.07) is 13.6. The maximum atomic E-state index is 13.9. The maximum absolute atomic E-state index is 13.9. The summed E-state index contributed by atoms with van der Waals surface area (Å²) < 4.78 is 13.9. The van der Waals surface area contributed by atoms with E-state index in [9.17, 15) is 9.18 Å². The van der Waals surface area contributed by atoms with Gasteiger partial charge in [-0.1, -0.05) is 12.1 Å². The molecule has 2 rings (SSSR count). The number of benzene rings is 2. The van der Waals surface area contributed by atoms with E-state index >= 15 is 0 Å². The van der Waals surface area contributed by atoms with Crippen LogP contribution in [0, 0.1) is 17.1 Å². The second-order valence-corrected chi connectivity index (χ2v) is 4.50. The summed E-state index contributed by atoms with van der Waals surface area (Å²) in [5.41, 5.74) is 1.96. The van der Waals surface area contributed by atoms with Crippen molar-refractivity contribution in [2.45, 2.75) is 13.5 Å². The highest BCUT2D eigenvalue weighted by Crippen LogP contribution is 2.17. The monoisotopic (exact) mass is 283 g/mol. The fourth-order valence-corrected chi connectivity index (χ4v) is 1.87. The number of halogens is 1. The fraction of sp³-hybridized carbons (Fsp3) is 0.125. The van der Waals surface area contributed by atoms with Gasteiger partial charge in [0.1, 0.15) is 11.9 Å². The van der Waals surface area contributed by atoms with E-state index in [-0.39, 0.29) is 18.0 Å². The lowest BCUT2D eigenvalue weighted by Gasteiger charge is -2.09. The standard InChI is InChI=1S/C16H14FN3O/c1-11(21)20-15-7-5-14(6-8-15)19-10-13-4-2-3-12(9-18)16(13)17/h2-8,19H,10H2,1H3,(H,20,21). The summed E-state index contributed by atoms with van der Waals surface area (Å²) in [6.45, 7) is 1.72. The molecule has 0 radical (unpaired) electrons. The van der Waals surface area contributed by atoms with Gasteiger partial charge in [-0.2, -0.15) is 5.26 Å². The van der Waals surface area contributed by atoms with Gasteiger partial charge in [-0.25, -0.2) is 4.39 Å². The number of nitriles is 1. The smallest absolute Gasteiger partial charge is 0.221 e. The first-order valence-electron chi connectivity index (χ1n) is 6.39. The van der Waals surface area contributed by atoms with Crippen LogP contribution < -0.4 is 10.6 Å². The van der Waals surface area contributed by atoms with Gasteiger partial charge in [-0.3, -0.25) is 4.79 Å². The van der Waals surface area contributed by atoms with Crippen molar-refractivity contribution in [2.75, 3.05) is 10.6 Å². The molecule has 2 N–H and O–H groups in total. The van der Waals surface area contributed by atoms with Gasteiger partial charge >= 0.3 is 0 Å². The van der Waals surface area contributed by atoms with Crippen molar-refractivity contribution < 1.29 is 9.18 Å². The molecule has 106 valence electrons. The third kappa shape index (κ3) is 3.80. The molecule has 0 saturated carbocycles. The van der Waals surface area contributed by atoms with Crippen LogP contribution in [0.3, 0.4) is 0 Å². The Morgan fingerprint density at radius 3 is 2.48 bits per heavy atom. The van der Waals surface area contributed by atoms with E-state index in [2.05, 4.69) is 10.6 Å². The van der Waals surface area contributed by atoms with Gasteiger partial charge in [0, 0.05) is 30.4 Å². The van der Waals surface area contributed by atoms with Gasteiger partial charge in [0.2, 0.25) is 5.91 Å². The third-order valence-corrected chi connectivity index (χ3v) is 2.89. The average molecular weight is 283 g/mol. The van der Waals surface area contributed by atoms with Gasteiger partial charge in [0.15, 0.2) is 0 Å². The zero-order chi connectivity index (χ0) is 15.2. The molecule has 0 atom stereocenters. The van der Waals surface area contributed by atoms with Crippen LogP contribution in [0.1, 0.15) is 18.1 Å². The third-order valence-electron chi connectivity index (χ3n) is 2.89. The lowest BCUT2D eigenvalue weighted by atomic mass is 10.1. The Bertz CT molecular complexity index is 690. The SMILES string of the molecule is CC(=O)Nc1ccc(NCc2cccc(C#N)c2F)cc1. The first-order valence-corrected chi connectivity index (χ1v) is 6.39. The molecular formula is C16H14FN3O. The van der Waals surface area contributed by atoms with E-state index in [0.717, 1.165) is 5.69 Å². The Morgan fingerprint density at radius 2 is 1.86 bits per heavy atom. The molecule has 1 amide bonds. The van der Waals surface area contributed by atoms with Crippen molar-refractivity contribution in [3.05, 3.63) is 59.4 Å². The van der Waals surface area contributed by atoms with E-state index < -0.39 is 5.82 Å². The van der Waals surface area contributed by atoms with E-state index in [1.165, 1.54) is 13.0 Å². The Hall–Kier alpha value is -2.87. The highest BCUT2D eigenvalue weighted by molar-refractivity contribution is 5.88. The van der Waals surface area contributed by atoms with Gasteiger partial charge in [-0.15, -0.1) is 0 Å². The molecule has 0 bridgehead atoms. The number of carbonyl (C=O) groups excluding carboxylic acids is 1. The van der Waals surface area contributed by atoms with Crippen LogP contribution in [-0.2, 0) is 11.3 Å². The van der Waals surface area contributed by atoms with Crippen molar-refractivity contribution in [3.8, 4) is 6.07 Å². The largest absolute Gasteiger partial charge is 0.381 e. The van der Waals surface area contributed by atoms with Crippen LogP contribution in [0.25, 0.3) is 0 Å². The molecule has 0 saturated heterocycles. The molecule has 0 heterocycles. The van der Waals surface area contributed by atoms with E-state index in [1.807, 2.05) is 6.07 Å². The zero-order valence-electron chi connectivity index (χ0n) is 11.5. The number of rotatable bonds is 4. The molecule has 21 heavy (non-hydrogen) atoms. The minimum Gasteiger partial charge on any atom is -0.381 e. The number of nitrogens with zero attached hydrogens (tertiary/aromatic N) is 1. The number of anilines is 2. The number of nitrogens with one attached hydrogen (secondary N) is 2. The highest BCUT2D eigenvalue weighted by Gasteiger charge is 2.07. The number of hydrogen-bond acceptors (Lipinski definition) is 3. The maximum Gasteiger partial charge on any atom is 0.221 e. The van der Waals surface area contributed by atoms with Crippen LogP contribution in [0.5, 0.6) is 0 Å². The van der Waals surface area contributed by atoms with Crippen LogP contribution in [0.4, 0.5) is 15.8 Å². The summed E-state index contributed by atoms with van der Waals surface area (Å²) in [4.78, 5) is 10.9. The zero-order valence-corrected chi connectivity index (χ0v) is 11.5. The van der Waals surface area contributed by atoms with Crippen molar-refractivity contribution in [2.24, 2.45) is 0 Å². The van der Waals surface area contributed by atoms with Crippen molar-refractivity contribution in [3.63, 3.8) is 0 Å². The summed E-state index contributed by atoms with van der Waals surface area (Å²) in [5.74, 6) is -0.631. The predicted molar refractivity (Wildman–Crippen MR) is 79.2 cm³/mol. The van der Waals surface area contributed by atoms with E-state index in [4.69, 9.17) is 5.26 Å². The normalized spacial score (nSPS) is 9.76. The average Bonchev–Trinajstić information content (AvgIpc) is 2.47. The van der Waals surface area contributed by atoms with Crippen molar-refractivity contribution in [1.29, 1.82) is 5.26 Å². The topological polar surface area (TPSA) is 64.9 Å². The van der Waals surface area contributed by atoms with Gasteiger partial charge in [-0.05, 0) is 30.3 Å². The van der Waals surface area contributed by atoms with Gasteiger partial charge in [0.05, 0.1) is 5.56 Å². The second kappa shape index (κ2) is 6.53. The fourth-order valence-electron chi connectivity index (χ4n) is 1.87. The minimum absolute atomic E-state index is 0.0373. The lowest BCUT2D eigenvalue weighted by Crippen LogP contribution is -2.06. The van der Waals surface area contributed by atoms with Gasteiger partial charge < -0.3 is 10.6 Å². The number of amides is 1. The molecular weight excluding hydrogens is 269 g/mol. The minimum atomic E-state index is -0.498.